The molecule has 0 amide bonds. The van der Waals surface area contributed by atoms with Crippen molar-refractivity contribution in [3.8, 4) is 5.69 Å². The molecule has 0 unspecified atom stereocenters. The average Bonchev–Trinajstić information content (AvgIpc) is 2.49. The van der Waals surface area contributed by atoms with Crippen LogP contribution in [0.5, 0.6) is 0 Å². The number of halogens is 2. The first-order chi connectivity index (χ1) is 6.70. The number of nitrogens with zero attached hydrogens (tertiary/aromatic N) is 2. The van der Waals surface area contributed by atoms with E-state index in [-0.39, 0.29) is 0 Å². The van der Waals surface area contributed by atoms with Gasteiger partial charge < -0.3 is 5.73 Å². The van der Waals surface area contributed by atoms with Gasteiger partial charge in [-0.1, -0.05) is 12.1 Å². The monoisotopic (exact) mass is 315 g/mol. The van der Waals surface area contributed by atoms with Crippen LogP contribution in [0, 0.1) is 0 Å². The summed E-state index contributed by atoms with van der Waals surface area (Å²) in [5.74, 6) is 0.594. The van der Waals surface area contributed by atoms with Gasteiger partial charge in [-0.05, 0) is 44.0 Å². The minimum absolute atomic E-state index is 0.594. The Bertz CT molecular complexity index is 465. The lowest BCUT2D eigenvalue weighted by atomic mass is 10.3. The molecule has 72 valence electrons. The first-order valence-corrected chi connectivity index (χ1v) is 5.52. The lowest BCUT2D eigenvalue weighted by Crippen LogP contribution is -2.02. The molecular weight excluding hydrogens is 310 g/mol. The summed E-state index contributed by atoms with van der Waals surface area (Å²) in [5.41, 5.74) is 6.76. The molecule has 0 atom stereocenters. The van der Waals surface area contributed by atoms with Gasteiger partial charge in [-0.3, -0.25) is 0 Å². The highest BCUT2D eigenvalue weighted by atomic mass is 79.9. The van der Waals surface area contributed by atoms with E-state index in [9.17, 15) is 0 Å². The quantitative estimate of drug-likeness (QED) is 0.879. The molecule has 0 aliphatic rings. The molecule has 2 rings (SSSR count). The molecule has 0 spiro atoms. The van der Waals surface area contributed by atoms with Crippen molar-refractivity contribution in [2.24, 2.45) is 0 Å². The highest BCUT2D eigenvalue weighted by Gasteiger charge is 2.08. The van der Waals surface area contributed by atoms with Crippen LogP contribution in [0.25, 0.3) is 5.69 Å². The molecule has 2 N–H and O–H groups in total. The van der Waals surface area contributed by atoms with Gasteiger partial charge in [0.2, 0.25) is 0 Å². The molecule has 0 radical (unpaired) electrons. The second-order valence-corrected chi connectivity index (χ2v) is 4.45. The average molecular weight is 317 g/mol. The van der Waals surface area contributed by atoms with Gasteiger partial charge in [0.05, 0.1) is 16.4 Å². The van der Waals surface area contributed by atoms with E-state index in [1.54, 1.807) is 10.9 Å². The summed E-state index contributed by atoms with van der Waals surface area (Å²) < 4.78 is 3.43. The Labute approximate surface area is 98.2 Å². The zero-order chi connectivity index (χ0) is 10.1. The molecule has 0 bridgehead atoms. The number of hydrogen-bond acceptors (Lipinski definition) is 2. The van der Waals surface area contributed by atoms with Crippen molar-refractivity contribution in [3.63, 3.8) is 0 Å². The number of nitrogen functional groups attached to an aromatic ring is 1. The van der Waals surface area contributed by atoms with Crippen molar-refractivity contribution in [1.82, 2.24) is 9.78 Å². The number of nitrogens with two attached hydrogens (primary N) is 1. The Balaban J connectivity index is 2.60. The Hall–Kier alpha value is -0.810. The maximum Gasteiger partial charge on any atom is 0.141 e. The largest absolute Gasteiger partial charge is 0.383 e. The van der Waals surface area contributed by atoms with Crippen molar-refractivity contribution >= 4 is 37.7 Å². The molecule has 14 heavy (non-hydrogen) atoms. The summed E-state index contributed by atoms with van der Waals surface area (Å²) in [6.07, 6.45) is 1.68. The molecule has 1 aromatic heterocycles. The lowest BCUT2D eigenvalue weighted by Gasteiger charge is -2.05. The number of anilines is 1. The normalized spacial score (nSPS) is 10.4. The topological polar surface area (TPSA) is 43.8 Å². The zero-order valence-electron chi connectivity index (χ0n) is 7.11. The van der Waals surface area contributed by atoms with E-state index in [0.717, 1.165) is 14.6 Å². The van der Waals surface area contributed by atoms with Gasteiger partial charge in [0, 0.05) is 4.47 Å². The molecule has 3 nitrogen and oxygen atoms in total. The fourth-order valence-electron chi connectivity index (χ4n) is 1.15. The van der Waals surface area contributed by atoms with E-state index < -0.39 is 0 Å². The van der Waals surface area contributed by atoms with Gasteiger partial charge in [0.1, 0.15) is 5.82 Å². The van der Waals surface area contributed by atoms with E-state index in [4.69, 9.17) is 5.73 Å². The van der Waals surface area contributed by atoms with E-state index >= 15 is 0 Å². The van der Waals surface area contributed by atoms with Gasteiger partial charge in [0.25, 0.3) is 0 Å². The summed E-state index contributed by atoms with van der Waals surface area (Å²) in [6.45, 7) is 0. The van der Waals surface area contributed by atoms with Crippen LogP contribution in [0.3, 0.4) is 0 Å². The van der Waals surface area contributed by atoms with E-state index in [2.05, 4.69) is 37.0 Å². The number of benzene rings is 1. The lowest BCUT2D eigenvalue weighted by molar-refractivity contribution is 0.887. The molecular formula is C9H7Br2N3. The van der Waals surface area contributed by atoms with Gasteiger partial charge in [-0.15, -0.1) is 0 Å². The first kappa shape index (κ1) is 9.73. The Morgan fingerprint density at radius 3 is 2.43 bits per heavy atom. The number of aromatic nitrogens is 2. The number of para-hydroxylation sites is 1. The van der Waals surface area contributed by atoms with Crippen LogP contribution in [-0.4, -0.2) is 9.78 Å². The molecule has 0 aliphatic heterocycles. The van der Waals surface area contributed by atoms with E-state index in [1.807, 2.05) is 24.3 Å². The first-order valence-electron chi connectivity index (χ1n) is 3.94. The number of rotatable bonds is 1. The van der Waals surface area contributed by atoms with Crippen molar-refractivity contribution in [2.45, 2.75) is 0 Å². The molecule has 1 aromatic carbocycles. The van der Waals surface area contributed by atoms with Gasteiger partial charge in [0.15, 0.2) is 0 Å². The minimum Gasteiger partial charge on any atom is -0.383 e. The van der Waals surface area contributed by atoms with Crippen LogP contribution in [0.1, 0.15) is 0 Å². The smallest absolute Gasteiger partial charge is 0.141 e. The van der Waals surface area contributed by atoms with Crippen molar-refractivity contribution in [2.75, 3.05) is 5.73 Å². The Kier molecular flexibility index (Phi) is 2.60. The second-order valence-electron chi connectivity index (χ2n) is 2.74. The molecule has 5 heteroatoms. The second kappa shape index (κ2) is 3.74. The van der Waals surface area contributed by atoms with Crippen molar-refractivity contribution in [3.05, 3.63) is 39.4 Å². The van der Waals surface area contributed by atoms with Crippen molar-refractivity contribution < 1.29 is 0 Å². The van der Waals surface area contributed by atoms with Gasteiger partial charge in [-0.25, -0.2) is 4.68 Å². The standard InChI is InChI=1S/C9H7Br2N3/c10-6-3-1-2-4-8(6)14-9(12)7(11)5-13-14/h1-5H,12H2. The van der Waals surface area contributed by atoms with Gasteiger partial charge >= 0.3 is 0 Å². The SMILES string of the molecule is Nc1c(Br)cnn1-c1ccccc1Br. The van der Waals surface area contributed by atoms with Crippen LogP contribution < -0.4 is 5.73 Å². The number of hydrogen-bond donors (Lipinski definition) is 1. The molecule has 1 heterocycles. The Morgan fingerprint density at radius 2 is 1.86 bits per heavy atom. The van der Waals surface area contributed by atoms with Gasteiger partial charge in [-0.2, -0.15) is 5.10 Å². The Morgan fingerprint density at radius 1 is 1.14 bits per heavy atom. The van der Waals surface area contributed by atoms with Crippen molar-refractivity contribution in [1.29, 1.82) is 0 Å². The predicted octanol–water partition coefficient (Wildman–Crippen LogP) is 2.98. The summed E-state index contributed by atoms with van der Waals surface area (Å²) in [7, 11) is 0. The van der Waals surface area contributed by atoms with Crippen LogP contribution in [-0.2, 0) is 0 Å². The third-order valence-electron chi connectivity index (χ3n) is 1.84. The van der Waals surface area contributed by atoms with E-state index in [0.29, 0.717) is 5.82 Å². The summed E-state index contributed by atoms with van der Waals surface area (Å²) in [5, 5.41) is 4.16. The van der Waals surface area contributed by atoms with E-state index in [1.165, 1.54) is 0 Å². The maximum atomic E-state index is 5.84. The molecule has 0 saturated carbocycles. The summed E-state index contributed by atoms with van der Waals surface area (Å²) in [4.78, 5) is 0. The predicted molar refractivity (Wildman–Crippen MR) is 63.4 cm³/mol. The fraction of sp³-hybridized carbons (Fsp3) is 0. The molecule has 0 saturated heterocycles. The molecule has 2 aromatic rings. The van der Waals surface area contributed by atoms with Crippen LogP contribution in [0.15, 0.2) is 39.4 Å². The highest BCUT2D eigenvalue weighted by Crippen LogP contribution is 2.26. The van der Waals surface area contributed by atoms with Crippen LogP contribution in [0.2, 0.25) is 0 Å². The fourth-order valence-corrected chi connectivity index (χ4v) is 1.87. The minimum atomic E-state index is 0.594. The zero-order valence-corrected chi connectivity index (χ0v) is 10.3. The highest BCUT2D eigenvalue weighted by molar-refractivity contribution is 9.11. The third-order valence-corrected chi connectivity index (χ3v) is 3.12. The summed E-state index contributed by atoms with van der Waals surface area (Å²) in [6, 6.07) is 7.78. The van der Waals surface area contributed by atoms with Crippen LogP contribution >= 0.6 is 31.9 Å². The maximum absolute atomic E-state index is 5.84. The molecule has 0 aliphatic carbocycles. The van der Waals surface area contributed by atoms with Crippen LogP contribution in [0.4, 0.5) is 5.82 Å². The molecule has 0 fully saturated rings. The summed E-state index contributed by atoms with van der Waals surface area (Å²) >= 11 is 6.76. The third kappa shape index (κ3) is 1.57.